The second kappa shape index (κ2) is 4.60. The Labute approximate surface area is 118 Å². The molecule has 0 aliphatic carbocycles. The van der Waals surface area contributed by atoms with E-state index in [0.29, 0.717) is 13.1 Å². The van der Waals surface area contributed by atoms with Gasteiger partial charge in [0, 0.05) is 18.7 Å². The van der Waals surface area contributed by atoms with Crippen LogP contribution in [0.5, 0.6) is 0 Å². The Hall–Kier alpha value is -1.86. The number of piperidine rings is 1. The molecule has 1 aromatic rings. The fourth-order valence-corrected chi connectivity index (χ4v) is 2.87. The Kier molecular flexibility index (Phi) is 3.02. The lowest BCUT2D eigenvalue weighted by atomic mass is 9.93. The number of nitriles is 1. The lowest BCUT2D eigenvalue weighted by molar-refractivity contribution is 0.0663. The molecule has 2 aliphatic heterocycles. The highest BCUT2D eigenvalue weighted by atomic mass is 16.6. The molecule has 1 aromatic carbocycles. The zero-order valence-corrected chi connectivity index (χ0v) is 11.8. The molecule has 0 aromatic heterocycles. The van der Waals surface area contributed by atoms with Crippen molar-refractivity contribution in [2.75, 3.05) is 13.1 Å². The highest BCUT2D eigenvalue weighted by molar-refractivity contribution is 5.94. The molecule has 3 rings (SSSR count). The summed E-state index contributed by atoms with van der Waals surface area (Å²) in [5.41, 5.74) is 2.83. The normalized spacial score (nSPS) is 23.4. The second-order valence-corrected chi connectivity index (χ2v) is 5.78. The van der Waals surface area contributed by atoms with Crippen molar-refractivity contribution in [1.82, 2.24) is 4.90 Å². The Morgan fingerprint density at radius 3 is 2.60 bits per heavy atom. The van der Waals surface area contributed by atoms with Crippen LogP contribution in [0.3, 0.4) is 0 Å². The summed E-state index contributed by atoms with van der Waals surface area (Å²) in [6.07, 6.45) is 1.27. The van der Waals surface area contributed by atoms with E-state index in [9.17, 15) is 4.79 Å². The summed E-state index contributed by atoms with van der Waals surface area (Å²) in [4.78, 5) is 14.3. The minimum atomic E-state index is -0.263. The van der Waals surface area contributed by atoms with Gasteiger partial charge in [-0.25, -0.2) is 0 Å². The lowest BCUT2D eigenvalue weighted by Gasteiger charge is -2.30. The van der Waals surface area contributed by atoms with E-state index in [1.54, 1.807) is 0 Å². The first kappa shape index (κ1) is 13.1. The zero-order valence-electron chi connectivity index (χ0n) is 11.8. The van der Waals surface area contributed by atoms with Gasteiger partial charge >= 0.3 is 0 Å². The van der Waals surface area contributed by atoms with Crippen LogP contribution in [-0.2, 0) is 4.74 Å². The van der Waals surface area contributed by atoms with E-state index < -0.39 is 0 Å². The number of nitrogens with zero attached hydrogens (tertiary/aromatic N) is 2. The van der Waals surface area contributed by atoms with Crippen molar-refractivity contribution in [3.05, 3.63) is 34.9 Å². The third-order valence-electron chi connectivity index (χ3n) is 4.54. The van der Waals surface area contributed by atoms with E-state index >= 15 is 0 Å². The van der Waals surface area contributed by atoms with Gasteiger partial charge in [-0.3, -0.25) is 4.79 Å². The third-order valence-corrected chi connectivity index (χ3v) is 4.54. The molecule has 1 amide bonds. The summed E-state index contributed by atoms with van der Waals surface area (Å²) < 4.78 is 5.46. The Bertz CT molecular complexity index is 595. The SMILES string of the molecule is Cc1ccc(C(=O)N2CCC3(CC2)OC3C#N)cc1C. The van der Waals surface area contributed by atoms with Gasteiger partial charge < -0.3 is 9.64 Å². The fourth-order valence-electron chi connectivity index (χ4n) is 2.87. The molecule has 1 spiro atoms. The summed E-state index contributed by atoms with van der Waals surface area (Å²) in [5.74, 6) is 0.0807. The maximum atomic E-state index is 12.5. The van der Waals surface area contributed by atoms with E-state index in [-0.39, 0.29) is 17.6 Å². The first-order valence-corrected chi connectivity index (χ1v) is 7.00. The minimum Gasteiger partial charge on any atom is -0.350 e. The van der Waals surface area contributed by atoms with E-state index in [1.807, 2.05) is 36.9 Å². The summed E-state index contributed by atoms with van der Waals surface area (Å²) in [7, 11) is 0. The molecule has 0 radical (unpaired) electrons. The standard InChI is InChI=1S/C16H18N2O2/c1-11-3-4-13(9-12(11)2)15(19)18-7-5-16(6-8-18)14(10-17)20-16/h3-4,9,14H,5-8H2,1-2H3. The average molecular weight is 270 g/mol. The zero-order chi connectivity index (χ0) is 14.3. The van der Waals surface area contributed by atoms with Crippen molar-refractivity contribution in [3.8, 4) is 6.07 Å². The van der Waals surface area contributed by atoms with Gasteiger partial charge in [-0.05, 0) is 49.9 Å². The van der Waals surface area contributed by atoms with Gasteiger partial charge in [-0.2, -0.15) is 5.26 Å². The number of carbonyl (C=O) groups is 1. The summed E-state index contributed by atoms with van der Waals surface area (Å²) in [6.45, 7) is 5.40. The molecule has 4 nitrogen and oxygen atoms in total. The third kappa shape index (κ3) is 2.08. The molecule has 4 heteroatoms. The first-order chi connectivity index (χ1) is 9.55. The molecule has 0 saturated carbocycles. The number of carbonyl (C=O) groups excluding carboxylic acids is 1. The molecule has 2 fully saturated rings. The largest absolute Gasteiger partial charge is 0.350 e. The second-order valence-electron chi connectivity index (χ2n) is 5.78. The van der Waals surface area contributed by atoms with Gasteiger partial charge in [-0.1, -0.05) is 6.07 Å². The van der Waals surface area contributed by atoms with E-state index in [4.69, 9.17) is 10.00 Å². The molecular formula is C16H18N2O2. The molecule has 1 unspecified atom stereocenters. The molecule has 0 N–H and O–H groups in total. The smallest absolute Gasteiger partial charge is 0.253 e. The molecule has 0 bridgehead atoms. The predicted molar refractivity (Wildman–Crippen MR) is 74.3 cm³/mol. The van der Waals surface area contributed by atoms with E-state index in [0.717, 1.165) is 24.0 Å². The number of likely N-dealkylation sites (tertiary alicyclic amines) is 1. The predicted octanol–water partition coefficient (Wildman–Crippen LogP) is 2.20. The van der Waals surface area contributed by atoms with Crippen LogP contribution < -0.4 is 0 Å². The van der Waals surface area contributed by atoms with Gasteiger partial charge in [-0.15, -0.1) is 0 Å². The molecule has 2 saturated heterocycles. The fraction of sp³-hybridized carbons (Fsp3) is 0.500. The molecule has 1 atom stereocenters. The first-order valence-electron chi connectivity index (χ1n) is 7.00. The van der Waals surface area contributed by atoms with Crippen LogP contribution in [0.1, 0.15) is 34.3 Å². The van der Waals surface area contributed by atoms with Gasteiger partial charge in [0.2, 0.25) is 0 Å². The average Bonchev–Trinajstić information content (AvgIpc) is 3.15. The van der Waals surface area contributed by atoms with Crippen LogP contribution >= 0.6 is 0 Å². The Morgan fingerprint density at radius 1 is 1.35 bits per heavy atom. The number of aryl methyl sites for hydroxylation is 2. The summed E-state index contributed by atoms with van der Waals surface area (Å²) in [6, 6.07) is 7.99. The van der Waals surface area contributed by atoms with E-state index in [2.05, 4.69) is 6.07 Å². The van der Waals surface area contributed by atoms with Crippen molar-refractivity contribution in [3.63, 3.8) is 0 Å². The number of rotatable bonds is 1. The maximum Gasteiger partial charge on any atom is 0.253 e. The monoisotopic (exact) mass is 270 g/mol. The van der Waals surface area contributed by atoms with E-state index in [1.165, 1.54) is 5.56 Å². The van der Waals surface area contributed by atoms with Crippen molar-refractivity contribution in [1.29, 1.82) is 5.26 Å². The van der Waals surface area contributed by atoms with Gasteiger partial charge in [0.05, 0.1) is 6.07 Å². The molecule has 2 heterocycles. The number of ether oxygens (including phenoxy) is 1. The topological polar surface area (TPSA) is 56.6 Å². The number of hydrogen-bond acceptors (Lipinski definition) is 3. The minimum absolute atomic E-state index is 0.0807. The number of epoxide rings is 1. The van der Waals surface area contributed by atoms with Gasteiger partial charge in [0.1, 0.15) is 5.60 Å². The van der Waals surface area contributed by atoms with Crippen LogP contribution in [0.15, 0.2) is 18.2 Å². The van der Waals surface area contributed by atoms with Crippen LogP contribution in [0, 0.1) is 25.2 Å². The van der Waals surface area contributed by atoms with Crippen LogP contribution in [0.2, 0.25) is 0 Å². The molecule has 2 aliphatic rings. The van der Waals surface area contributed by atoms with Crippen molar-refractivity contribution in [2.24, 2.45) is 0 Å². The van der Waals surface area contributed by atoms with Gasteiger partial charge in [0.15, 0.2) is 6.10 Å². The van der Waals surface area contributed by atoms with Crippen LogP contribution in [0.25, 0.3) is 0 Å². The quantitative estimate of drug-likeness (QED) is 0.735. The molecule has 104 valence electrons. The van der Waals surface area contributed by atoms with Crippen LogP contribution in [0.4, 0.5) is 0 Å². The Balaban J connectivity index is 1.68. The number of hydrogen-bond donors (Lipinski definition) is 0. The summed E-state index contributed by atoms with van der Waals surface area (Å²) >= 11 is 0. The number of amides is 1. The molecule has 20 heavy (non-hydrogen) atoms. The molecular weight excluding hydrogens is 252 g/mol. The summed E-state index contributed by atoms with van der Waals surface area (Å²) in [5, 5.41) is 8.88. The lowest BCUT2D eigenvalue weighted by Crippen LogP contribution is -2.42. The Morgan fingerprint density at radius 2 is 2.05 bits per heavy atom. The number of benzene rings is 1. The highest BCUT2D eigenvalue weighted by Gasteiger charge is 2.58. The van der Waals surface area contributed by atoms with Crippen molar-refractivity contribution >= 4 is 5.91 Å². The maximum absolute atomic E-state index is 12.5. The van der Waals surface area contributed by atoms with Gasteiger partial charge in [0.25, 0.3) is 5.91 Å². The highest BCUT2D eigenvalue weighted by Crippen LogP contribution is 2.44. The van der Waals surface area contributed by atoms with Crippen molar-refractivity contribution in [2.45, 2.75) is 38.4 Å². The van der Waals surface area contributed by atoms with Crippen molar-refractivity contribution < 1.29 is 9.53 Å². The van der Waals surface area contributed by atoms with Crippen LogP contribution in [-0.4, -0.2) is 35.6 Å².